The molecule has 58 heavy (non-hydrogen) atoms. The van der Waals surface area contributed by atoms with Gasteiger partial charge in [0, 0.05) is 22.3 Å². The normalized spacial score (nSPS) is 12.4. The van der Waals surface area contributed by atoms with Crippen LogP contribution in [0.3, 0.4) is 0 Å². The zero-order valence-electron chi connectivity index (χ0n) is 32.0. The first-order valence-corrected chi connectivity index (χ1v) is 19.9. The number of hydrogen-bond donors (Lipinski definition) is 0. The Hall–Kier alpha value is -7.49. The molecular weight excluding hydrogens is 703 g/mol. The molecule has 3 heteroatoms. The van der Waals surface area contributed by atoms with E-state index in [1.165, 1.54) is 39.0 Å². The molecule has 3 nitrogen and oxygen atoms in total. The lowest BCUT2D eigenvalue weighted by Crippen LogP contribution is -2.01. The molecule has 9 aromatic rings. The highest BCUT2D eigenvalue weighted by molar-refractivity contribution is 6.04. The van der Waals surface area contributed by atoms with Crippen molar-refractivity contribution >= 4 is 16.3 Å². The van der Waals surface area contributed by atoms with Crippen LogP contribution >= 0.6 is 0 Å². The van der Waals surface area contributed by atoms with Gasteiger partial charge in [0.25, 0.3) is 0 Å². The van der Waals surface area contributed by atoms with Gasteiger partial charge in [-0.2, -0.15) is 0 Å². The molecule has 8 aromatic carbocycles. The first-order valence-electron chi connectivity index (χ1n) is 19.9. The van der Waals surface area contributed by atoms with Crippen molar-refractivity contribution in [1.82, 2.24) is 15.0 Å². The first kappa shape index (κ1) is 35.0. The number of hydrogen-bond acceptors (Lipinski definition) is 3. The molecule has 274 valence electrons. The van der Waals surface area contributed by atoms with Crippen LogP contribution in [0, 0.1) is 0 Å². The van der Waals surface area contributed by atoms with E-state index in [0.29, 0.717) is 17.5 Å². The van der Waals surface area contributed by atoms with E-state index in [0.717, 1.165) is 57.0 Å². The second kappa shape index (κ2) is 15.6. The maximum absolute atomic E-state index is 5.15. The van der Waals surface area contributed by atoms with E-state index in [1.54, 1.807) is 0 Å². The fourth-order valence-corrected chi connectivity index (χ4v) is 8.14. The van der Waals surface area contributed by atoms with Crippen molar-refractivity contribution in [3.05, 3.63) is 218 Å². The molecule has 0 bridgehead atoms. The zero-order valence-corrected chi connectivity index (χ0v) is 32.0. The second-order valence-corrected chi connectivity index (χ2v) is 14.6. The standard InChI is InChI=1S/C55H39N3/c1-6-18-39(19-7-1)49-36-46(37-50(40-20-8-2-9-21-40)52(49)42-23-10-3-11-24-42)38-30-32-43(33-31-38)51-47-29-17-16-22-41(47)34-35-48(51)55-57-53(44-25-12-4-13-26-44)56-54(58-55)45-27-14-5-15-28-45/h1,3-8,10-37H,2,9H2. The van der Waals surface area contributed by atoms with Gasteiger partial charge in [0.15, 0.2) is 17.5 Å². The minimum absolute atomic E-state index is 0.639. The van der Waals surface area contributed by atoms with Gasteiger partial charge in [-0.15, -0.1) is 0 Å². The number of rotatable bonds is 8. The monoisotopic (exact) mass is 741 g/mol. The number of benzene rings is 8. The Kier molecular flexibility index (Phi) is 9.38. The van der Waals surface area contributed by atoms with Gasteiger partial charge >= 0.3 is 0 Å². The van der Waals surface area contributed by atoms with Gasteiger partial charge in [-0.25, -0.2) is 15.0 Å². The maximum Gasteiger partial charge on any atom is 0.164 e. The zero-order chi connectivity index (χ0) is 38.7. The van der Waals surface area contributed by atoms with Crippen molar-refractivity contribution < 1.29 is 0 Å². The smallest absolute Gasteiger partial charge is 0.164 e. The van der Waals surface area contributed by atoms with Crippen LogP contribution < -0.4 is 0 Å². The van der Waals surface area contributed by atoms with E-state index in [1.807, 2.05) is 36.4 Å². The van der Waals surface area contributed by atoms with Gasteiger partial charge in [0.1, 0.15) is 0 Å². The first-order chi connectivity index (χ1) is 28.8. The highest BCUT2D eigenvalue weighted by atomic mass is 15.0. The molecule has 0 unspecified atom stereocenters. The van der Waals surface area contributed by atoms with Crippen LogP contribution in [-0.2, 0) is 0 Å². The van der Waals surface area contributed by atoms with Gasteiger partial charge in [0.05, 0.1) is 0 Å². The van der Waals surface area contributed by atoms with Crippen LogP contribution in [0.5, 0.6) is 0 Å². The summed E-state index contributed by atoms with van der Waals surface area (Å²) in [6, 6.07) is 68.6. The molecule has 1 aliphatic rings. The van der Waals surface area contributed by atoms with E-state index < -0.39 is 0 Å². The van der Waals surface area contributed by atoms with Crippen molar-refractivity contribution in [3.8, 4) is 78.7 Å². The average Bonchev–Trinajstić information content (AvgIpc) is 3.32. The lowest BCUT2D eigenvalue weighted by molar-refractivity contribution is 1.04. The second-order valence-electron chi connectivity index (χ2n) is 14.6. The quantitative estimate of drug-likeness (QED) is 0.156. The van der Waals surface area contributed by atoms with Crippen LogP contribution in [0.15, 0.2) is 212 Å². The molecular formula is C55H39N3. The van der Waals surface area contributed by atoms with E-state index in [2.05, 4.69) is 176 Å². The third-order valence-electron chi connectivity index (χ3n) is 11.0. The summed E-state index contributed by atoms with van der Waals surface area (Å²) >= 11 is 0. The average molecular weight is 742 g/mol. The van der Waals surface area contributed by atoms with Crippen molar-refractivity contribution in [1.29, 1.82) is 0 Å². The van der Waals surface area contributed by atoms with Crippen molar-refractivity contribution in [2.45, 2.75) is 12.8 Å². The Morgan fingerprint density at radius 3 is 1.47 bits per heavy atom. The summed E-state index contributed by atoms with van der Waals surface area (Å²) in [4.78, 5) is 15.3. The molecule has 0 spiro atoms. The van der Waals surface area contributed by atoms with Crippen LogP contribution in [-0.4, -0.2) is 15.0 Å². The Labute approximate surface area is 339 Å². The molecule has 0 amide bonds. The minimum Gasteiger partial charge on any atom is -0.208 e. The Morgan fingerprint density at radius 1 is 0.328 bits per heavy atom. The number of aromatic nitrogens is 3. The van der Waals surface area contributed by atoms with Crippen LogP contribution in [0.2, 0.25) is 0 Å². The largest absolute Gasteiger partial charge is 0.208 e. The van der Waals surface area contributed by atoms with E-state index >= 15 is 0 Å². The highest BCUT2D eigenvalue weighted by Gasteiger charge is 2.20. The Balaban J connectivity index is 1.15. The predicted molar refractivity (Wildman–Crippen MR) is 242 cm³/mol. The van der Waals surface area contributed by atoms with Crippen LogP contribution in [0.1, 0.15) is 18.4 Å². The predicted octanol–water partition coefficient (Wildman–Crippen LogP) is 14.4. The van der Waals surface area contributed by atoms with E-state index in [4.69, 9.17) is 15.0 Å². The summed E-state index contributed by atoms with van der Waals surface area (Å²) in [6.07, 6.45) is 9.09. The summed E-state index contributed by atoms with van der Waals surface area (Å²) < 4.78 is 0. The third-order valence-corrected chi connectivity index (χ3v) is 11.0. The number of allylic oxidation sites excluding steroid dienone is 4. The summed E-state index contributed by atoms with van der Waals surface area (Å²) in [7, 11) is 0. The molecule has 0 N–H and O–H groups in total. The molecule has 0 atom stereocenters. The maximum atomic E-state index is 5.15. The summed E-state index contributed by atoms with van der Waals surface area (Å²) in [5.41, 5.74) is 14.8. The fraction of sp³-hybridized carbons (Fsp3) is 0.0364. The molecule has 0 radical (unpaired) electrons. The van der Waals surface area contributed by atoms with E-state index in [-0.39, 0.29) is 0 Å². The minimum atomic E-state index is 0.639. The molecule has 0 fully saturated rings. The van der Waals surface area contributed by atoms with Crippen molar-refractivity contribution in [2.75, 3.05) is 0 Å². The Morgan fingerprint density at radius 2 is 0.845 bits per heavy atom. The van der Waals surface area contributed by atoms with E-state index in [9.17, 15) is 0 Å². The molecule has 1 aliphatic carbocycles. The molecule has 10 rings (SSSR count). The highest BCUT2D eigenvalue weighted by Crippen LogP contribution is 2.44. The lowest BCUT2D eigenvalue weighted by atomic mass is 9.83. The van der Waals surface area contributed by atoms with Gasteiger partial charge in [-0.05, 0) is 91.9 Å². The van der Waals surface area contributed by atoms with Crippen molar-refractivity contribution in [2.24, 2.45) is 0 Å². The van der Waals surface area contributed by atoms with Gasteiger partial charge in [-0.3, -0.25) is 0 Å². The molecule has 1 aromatic heterocycles. The summed E-state index contributed by atoms with van der Waals surface area (Å²) in [5, 5.41) is 2.31. The van der Waals surface area contributed by atoms with Crippen LogP contribution in [0.25, 0.3) is 95.0 Å². The third kappa shape index (κ3) is 6.84. The topological polar surface area (TPSA) is 38.7 Å². The van der Waals surface area contributed by atoms with Gasteiger partial charge < -0.3 is 0 Å². The molecule has 1 heterocycles. The SMILES string of the molecule is C1=CC(c2cc(-c3ccc(-c4c(-c5nc(-c6ccccc6)nc(-c6ccccc6)n5)ccc5ccccc45)cc3)cc(-c3ccccc3)c2-c2ccccc2)=CCC1. The molecule has 0 aliphatic heterocycles. The van der Waals surface area contributed by atoms with Gasteiger partial charge in [0.2, 0.25) is 0 Å². The van der Waals surface area contributed by atoms with Crippen molar-refractivity contribution in [3.63, 3.8) is 0 Å². The van der Waals surface area contributed by atoms with Gasteiger partial charge in [-0.1, -0.05) is 194 Å². The number of nitrogens with zero attached hydrogens (tertiary/aromatic N) is 3. The summed E-state index contributed by atoms with van der Waals surface area (Å²) in [5.74, 6) is 1.93. The molecule has 0 saturated heterocycles. The Bertz CT molecular complexity index is 2890. The van der Waals surface area contributed by atoms with Crippen LogP contribution in [0.4, 0.5) is 0 Å². The molecule has 0 saturated carbocycles. The number of fused-ring (bicyclic) bond motifs is 1. The fourth-order valence-electron chi connectivity index (χ4n) is 8.14. The lowest BCUT2D eigenvalue weighted by Gasteiger charge is -2.20. The summed E-state index contributed by atoms with van der Waals surface area (Å²) in [6.45, 7) is 0.